The van der Waals surface area contributed by atoms with E-state index in [-0.39, 0.29) is 47.6 Å². The second-order valence-corrected chi connectivity index (χ2v) is 12.4. The van der Waals surface area contributed by atoms with Crippen molar-refractivity contribution in [1.82, 2.24) is 4.98 Å². The lowest BCUT2D eigenvalue weighted by Crippen LogP contribution is -2.46. The van der Waals surface area contributed by atoms with Crippen LogP contribution in [0.1, 0.15) is 42.9 Å². The molecule has 39 heavy (non-hydrogen) atoms. The third-order valence-corrected chi connectivity index (χ3v) is 10.7. The van der Waals surface area contributed by atoms with E-state index in [1.807, 2.05) is 0 Å². The Kier molecular flexibility index (Phi) is 6.56. The summed E-state index contributed by atoms with van der Waals surface area (Å²) in [7, 11) is -4.28. The lowest BCUT2D eigenvalue weighted by Gasteiger charge is -2.42. The first-order valence-electron chi connectivity index (χ1n) is 12.4. The molecule has 2 aromatic carbocycles. The molecule has 0 spiro atoms. The largest absolute Gasteiger partial charge is 0.426 e. The monoisotopic (exact) mass is 564 g/mol. The number of rotatable bonds is 5. The molecule has 1 saturated carbocycles. The van der Waals surface area contributed by atoms with E-state index in [4.69, 9.17) is 0 Å². The number of anilines is 1. The van der Waals surface area contributed by atoms with Gasteiger partial charge in [0, 0.05) is 24.0 Å². The van der Waals surface area contributed by atoms with Gasteiger partial charge in [-0.15, -0.1) is 0 Å². The number of nitrogens with one attached hydrogen (secondary N) is 1. The fourth-order valence-corrected chi connectivity index (χ4v) is 8.59. The third kappa shape index (κ3) is 4.31. The molecule has 1 N–H and O–H groups in total. The number of fused-ring (bicyclic) bond motifs is 3. The summed E-state index contributed by atoms with van der Waals surface area (Å²) in [6, 6.07) is 10.8. The van der Waals surface area contributed by atoms with Crippen LogP contribution in [0.4, 0.5) is 27.6 Å². The molecule has 1 unspecified atom stereocenters. The molecule has 0 aliphatic heterocycles. The Balaban J connectivity index is 1.64. The maximum absolute atomic E-state index is 14.8. The highest BCUT2D eigenvalue weighted by Crippen LogP contribution is 2.59. The van der Waals surface area contributed by atoms with Crippen LogP contribution >= 0.6 is 0 Å². The summed E-state index contributed by atoms with van der Waals surface area (Å²) in [5, 5.41) is 2.80. The lowest BCUT2D eigenvalue weighted by atomic mass is 9.72. The van der Waals surface area contributed by atoms with Gasteiger partial charge >= 0.3 is 6.18 Å². The second kappa shape index (κ2) is 9.39. The van der Waals surface area contributed by atoms with Crippen LogP contribution in [0.2, 0.25) is 0 Å². The molecule has 0 bridgehead atoms. The molecule has 0 saturated heterocycles. The number of pyridine rings is 1. The van der Waals surface area contributed by atoms with Crippen molar-refractivity contribution >= 4 is 21.4 Å². The molecule has 4 atom stereocenters. The zero-order valence-electron chi connectivity index (χ0n) is 20.8. The summed E-state index contributed by atoms with van der Waals surface area (Å²) < 4.78 is 95.8. The molecule has 5 nitrogen and oxygen atoms in total. The van der Waals surface area contributed by atoms with E-state index < -0.39 is 49.6 Å². The standard InChI is InChI=1S/C28H25F5N2O3S/c1-26(30,28(31,32)33)18-3-9-23-17(16-18)2-8-24-22(25(36)35-20-11-14-34-15-12-20)10-13-27(23,24)39(37,38)21-6-4-19(29)5-7-21/h3-7,9,11-12,14-16,22,24H,2,8,10,13H2,1H3,(H,34,35,36)/t22-,24+,26?,27-/m1/s1. The number of amides is 1. The molecule has 1 aromatic heterocycles. The number of benzene rings is 2. The molecule has 0 radical (unpaired) electrons. The summed E-state index contributed by atoms with van der Waals surface area (Å²) in [5.74, 6) is -2.45. The molecule has 206 valence electrons. The smallest absolute Gasteiger partial charge is 0.326 e. The number of aromatic nitrogens is 1. The van der Waals surface area contributed by atoms with Crippen molar-refractivity contribution in [2.75, 3.05) is 5.32 Å². The van der Waals surface area contributed by atoms with Gasteiger partial charge < -0.3 is 5.32 Å². The quantitative estimate of drug-likeness (QED) is 0.294. The van der Waals surface area contributed by atoms with E-state index in [1.165, 1.54) is 18.5 Å². The van der Waals surface area contributed by atoms with Crippen LogP contribution in [-0.4, -0.2) is 25.5 Å². The van der Waals surface area contributed by atoms with Gasteiger partial charge in [0.1, 0.15) is 10.6 Å². The fourth-order valence-electron chi connectivity index (χ4n) is 6.12. The summed E-state index contributed by atoms with van der Waals surface area (Å²) in [4.78, 5) is 17.1. The number of hydrogen-bond acceptors (Lipinski definition) is 4. The second-order valence-electron chi connectivity index (χ2n) is 10.2. The molecular formula is C28H25F5N2O3S. The minimum Gasteiger partial charge on any atom is -0.326 e. The highest BCUT2D eigenvalue weighted by atomic mass is 32.2. The Morgan fingerprint density at radius 2 is 1.67 bits per heavy atom. The molecule has 2 aliphatic rings. The molecule has 5 rings (SSSR count). The van der Waals surface area contributed by atoms with E-state index >= 15 is 0 Å². The predicted molar refractivity (Wildman–Crippen MR) is 134 cm³/mol. The number of halogens is 5. The maximum Gasteiger partial charge on any atom is 0.426 e. The average molecular weight is 565 g/mol. The van der Waals surface area contributed by atoms with Crippen LogP contribution in [0.3, 0.4) is 0 Å². The summed E-state index contributed by atoms with van der Waals surface area (Å²) >= 11 is 0. The van der Waals surface area contributed by atoms with Crippen molar-refractivity contribution < 1.29 is 35.2 Å². The molecule has 11 heteroatoms. The van der Waals surface area contributed by atoms with E-state index in [1.54, 1.807) is 12.1 Å². The third-order valence-electron chi connectivity index (χ3n) is 8.16. The molecule has 3 aromatic rings. The maximum atomic E-state index is 14.8. The molecule has 1 heterocycles. The van der Waals surface area contributed by atoms with Gasteiger partial charge in [0.25, 0.3) is 0 Å². The summed E-state index contributed by atoms with van der Waals surface area (Å²) in [5.41, 5.74) is -3.22. The molecular weight excluding hydrogens is 539 g/mol. The van der Waals surface area contributed by atoms with Gasteiger partial charge in [-0.3, -0.25) is 9.78 Å². The number of nitrogens with zero attached hydrogens (tertiary/aromatic N) is 1. The first-order chi connectivity index (χ1) is 18.3. The number of aryl methyl sites for hydroxylation is 1. The Bertz CT molecular complexity index is 1510. The van der Waals surface area contributed by atoms with Crippen LogP contribution < -0.4 is 5.32 Å². The van der Waals surface area contributed by atoms with Crippen LogP contribution in [0, 0.1) is 17.7 Å². The van der Waals surface area contributed by atoms with Crippen molar-refractivity contribution in [2.24, 2.45) is 11.8 Å². The van der Waals surface area contributed by atoms with Crippen molar-refractivity contribution in [3.05, 3.63) is 89.5 Å². The Labute approximate surface area is 222 Å². The average Bonchev–Trinajstić information content (AvgIpc) is 3.30. The SMILES string of the molecule is CC(F)(c1ccc2c(c1)CC[C@H]1[C@H](C(=O)Nc3ccncc3)CC[C@@]21S(=O)(=O)c1ccc(F)cc1)C(F)(F)F. The highest BCUT2D eigenvalue weighted by molar-refractivity contribution is 7.92. The molecule has 1 fully saturated rings. The first kappa shape index (κ1) is 27.2. The number of sulfone groups is 1. The Morgan fingerprint density at radius 3 is 2.31 bits per heavy atom. The van der Waals surface area contributed by atoms with Gasteiger partial charge in [-0.05, 0) is 91.6 Å². The van der Waals surface area contributed by atoms with Crippen molar-refractivity contribution in [3.8, 4) is 0 Å². The number of hydrogen-bond donors (Lipinski definition) is 1. The van der Waals surface area contributed by atoms with E-state index in [0.29, 0.717) is 12.6 Å². The zero-order valence-corrected chi connectivity index (χ0v) is 21.6. The van der Waals surface area contributed by atoms with Gasteiger partial charge in [0.05, 0.1) is 4.90 Å². The van der Waals surface area contributed by atoms with Crippen molar-refractivity contribution in [2.45, 2.75) is 54.1 Å². The zero-order chi connectivity index (χ0) is 28.2. The van der Waals surface area contributed by atoms with Crippen LogP contribution in [0.15, 0.2) is 71.9 Å². The minimum atomic E-state index is -5.17. The summed E-state index contributed by atoms with van der Waals surface area (Å²) in [6.45, 7) is 0.431. The minimum absolute atomic E-state index is 0.0182. The topological polar surface area (TPSA) is 76.1 Å². The Hall–Kier alpha value is -3.34. The van der Waals surface area contributed by atoms with E-state index in [0.717, 1.165) is 36.4 Å². The molecule has 1 amide bonds. The highest BCUT2D eigenvalue weighted by Gasteiger charge is 2.62. The fraction of sp³-hybridized carbons (Fsp3) is 0.357. The van der Waals surface area contributed by atoms with E-state index in [9.17, 15) is 35.2 Å². The van der Waals surface area contributed by atoms with E-state index in [2.05, 4.69) is 10.3 Å². The Morgan fingerprint density at radius 1 is 1.00 bits per heavy atom. The molecule has 2 aliphatic carbocycles. The van der Waals surface area contributed by atoms with Gasteiger partial charge in [-0.1, -0.05) is 18.2 Å². The van der Waals surface area contributed by atoms with Crippen molar-refractivity contribution in [3.63, 3.8) is 0 Å². The van der Waals surface area contributed by atoms with Gasteiger partial charge in [-0.2, -0.15) is 13.2 Å². The first-order valence-corrected chi connectivity index (χ1v) is 13.9. The normalized spacial score (nSPS) is 24.4. The van der Waals surface area contributed by atoms with Crippen molar-refractivity contribution in [1.29, 1.82) is 0 Å². The van der Waals surface area contributed by atoms with Crippen LogP contribution in [0.5, 0.6) is 0 Å². The van der Waals surface area contributed by atoms with Crippen LogP contribution in [0.25, 0.3) is 0 Å². The van der Waals surface area contributed by atoms with Crippen LogP contribution in [-0.2, 0) is 31.5 Å². The summed E-state index contributed by atoms with van der Waals surface area (Å²) in [6.07, 6.45) is -1.60. The number of carbonyl (C=O) groups excluding carboxylic acids is 1. The number of carbonyl (C=O) groups is 1. The van der Waals surface area contributed by atoms with Gasteiger partial charge in [0.15, 0.2) is 9.84 Å². The predicted octanol–water partition coefficient (Wildman–Crippen LogP) is 6.25. The number of alkyl halides is 4. The lowest BCUT2D eigenvalue weighted by molar-refractivity contribution is -0.228. The van der Waals surface area contributed by atoms with Gasteiger partial charge in [-0.25, -0.2) is 17.2 Å². The van der Waals surface area contributed by atoms with Gasteiger partial charge in [0.2, 0.25) is 11.6 Å².